The van der Waals surface area contributed by atoms with E-state index in [-0.39, 0.29) is 17.2 Å². The van der Waals surface area contributed by atoms with E-state index in [0.29, 0.717) is 28.6 Å². The summed E-state index contributed by atoms with van der Waals surface area (Å²) in [5.41, 5.74) is 0.525. The summed E-state index contributed by atoms with van der Waals surface area (Å²) in [6.07, 6.45) is -1.67. The fourth-order valence-electron chi connectivity index (χ4n) is 3.92. The summed E-state index contributed by atoms with van der Waals surface area (Å²) < 4.78 is 42.4. The maximum absolute atomic E-state index is 12.6. The predicted molar refractivity (Wildman–Crippen MR) is 97.1 cm³/mol. The highest BCUT2D eigenvalue weighted by Crippen LogP contribution is 2.34. The first-order chi connectivity index (χ1) is 13.3. The third-order valence-corrected chi connectivity index (χ3v) is 6.33. The van der Waals surface area contributed by atoms with Gasteiger partial charge in [-0.15, -0.1) is 0 Å². The first-order valence-corrected chi connectivity index (χ1v) is 9.97. The summed E-state index contributed by atoms with van der Waals surface area (Å²) >= 11 is 0.975. The van der Waals surface area contributed by atoms with Crippen molar-refractivity contribution in [1.29, 1.82) is 0 Å². The Morgan fingerprint density at radius 1 is 1.32 bits per heavy atom. The molecule has 0 spiro atoms. The Balaban J connectivity index is 1.36. The quantitative estimate of drug-likeness (QED) is 0.822. The number of fused-ring (bicyclic) bond motifs is 3. The average molecular weight is 411 g/mol. The number of alkyl halides is 3. The van der Waals surface area contributed by atoms with E-state index >= 15 is 0 Å². The molecule has 3 aliphatic heterocycles. The third-order valence-electron chi connectivity index (χ3n) is 5.46. The van der Waals surface area contributed by atoms with Gasteiger partial charge in [0.25, 0.3) is 11.1 Å². The molecule has 1 aromatic heterocycles. The number of halogens is 3. The van der Waals surface area contributed by atoms with Gasteiger partial charge in [0.15, 0.2) is 0 Å². The van der Waals surface area contributed by atoms with Crippen molar-refractivity contribution in [2.45, 2.75) is 48.1 Å². The Morgan fingerprint density at radius 3 is 2.64 bits per heavy atom. The van der Waals surface area contributed by atoms with Crippen LogP contribution in [0.4, 0.5) is 13.2 Å². The molecule has 3 fully saturated rings. The highest BCUT2D eigenvalue weighted by molar-refractivity contribution is 7.99. The van der Waals surface area contributed by atoms with Gasteiger partial charge in [-0.2, -0.15) is 13.2 Å². The van der Waals surface area contributed by atoms with Crippen molar-refractivity contribution in [3.05, 3.63) is 41.8 Å². The van der Waals surface area contributed by atoms with Crippen molar-refractivity contribution in [3.8, 4) is 0 Å². The largest absolute Gasteiger partial charge is 0.451 e. The molecule has 4 atom stereocenters. The first kappa shape index (κ1) is 19.3. The van der Waals surface area contributed by atoms with Crippen molar-refractivity contribution >= 4 is 17.7 Å². The Labute approximate surface area is 164 Å². The van der Waals surface area contributed by atoms with Crippen LogP contribution >= 0.6 is 11.8 Å². The molecule has 0 aliphatic carbocycles. The van der Waals surface area contributed by atoms with Crippen molar-refractivity contribution in [3.63, 3.8) is 0 Å². The Morgan fingerprint density at radius 2 is 2.07 bits per heavy atom. The highest BCUT2D eigenvalue weighted by atomic mass is 32.2. The minimum Gasteiger partial charge on any atom is -0.427 e. The second-order valence-electron chi connectivity index (χ2n) is 7.32. The normalized spacial score (nSPS) is 27.0. The lowest BCUT2D eigenvalue weighted by atomic mass is 9.80. The average Bonchev–Trinajstić information content (AvgIpc) is 3.12. The minimum absolute atomic E-state index is 0.0917. The molecular formula is C19H20F3N3O2S. The summed E-state index contributed by atoms with van der Waals surface area (Å²) in [7, 11) is 0. The van der Waals surface area contributed by atoms with Crippen LogP contribution in [0, 0.1) is 5.92 Å². The number of benzene rings is 1. The molecular weight excluding hydrogens is 391 g/mol. The first-order valence-electron chi connectivity index (χ1n) is 9.15. The van der Waals surface area contributed by atoms with Gasteiger partial charge in [-0.3, -0.25) is 9.69 Å². The van der Waals surface area contributed by atoms with E-state index in [0.717, 1.165) is 37.7 Å². The fraction of sp³-hybridized carbons (Fsp3) is 0.474. The van der Waals surface area contributed by atoms with Crippen LogP contribution in [0.1, 0.15) is 35.9 Å². The molecule has 3 aliphatic rings. The van der Waals surface area contributed by atoms with Gasteiger partial charge >= 0.3 is 6.18 Å². The van der Waals surface area contributed by atoms with Crippen LogP contribution < -0.4 is 5.32 Å². The zero-order chi connectivity index (χ0) is 19.9. The molecule has 150 valence electrons. The van der Waals surface area contributed by atoms with E-state index in [2.05, 4.69) is 22.1 Å². The van der Waals surface area contributed by atoms with E-state index < -0.39 is 11.9 Å². The lowest BCUT2D eigenvalue weighted by Crippen LogP contribution is -2.60. The van der Waals surface area contributed by atoms with E-state index in [4.69, 9.17) is 4.42 Å². The van der Waals surface area contributed by atoms with Crippen LogP contribution in [-0.4, -0.2) is 41.0 Å². The van der Waals surface area contributed by atoms with Crippen LogP contribution in [-0.2, 0) is 6.18 Å². The molecule has 4 unspecified atom stereocenters. The summed E-state index contributed by atoms with van der Waals surface area (Å²) in [5, 5.41) is 3.04. The minimum atomic E-state index is -4.55. The highest BCUT2D eigenvalue weighted by Gasteiger charge is 2.39. The fourth-order valence-corrected chi connectivity index (χ4v) is 4.63. The van der Waals surface area contributed by atoms with Gasteiger partial charge < -0.3 is 9.73 Å². The Bertz CT molecular complexity index is 853. The Kier molecular flexibility index (Phi) is 5.13. The Hall–Kier alpha value is -2.00. The summed E-state index contributed by atoms with van der Waals surface area (Å²) in [6, 6.07) is 7.42. The van der Waals surface area contributed by atoms with Gasteiger partial charge in [-0.25, -0.2) is 4.98 Å². The monoisotopic (exact) mass is 411 g/mol. The number of carbonyl (C=O) groups excluding carboxylic acids is 1. The van der Waals surface area contributed by atoms with Crippen LogP contribution in [0.15, 0.2) is 45.0 Å². The second kappa shape index (κ2) is 7.44. The van der Waals surface area contributed by atoms with E-state index in [1.54, 1.807) is 24.3 Å². The molecule has 9 heteroatoms. The maximum Gasteiger partial charge on any atom is 0.451 e. The van der Waals surface area contributed by atoms with Crippen molar-refractivity contribution < 1.29 is 22.4 Å². The molecule has 5 nitrogen and oxygen atoms in total. The van der Waals surface area contributed by atoms with Crippen molar-refractivity contribution in [1.82, 2.24) is 15.2 Å². The topological polar surface area (TPSA) is 58.4 Å². The number of hydrogen-bond donors (Lipinski definition) is 1. The summed E-state index contributed by atoms with van der Waals surface area (Å²) in [6.45, 7) is 4.21. The molecule has 0 radical (unpaired) electrons. The van der Waals surface area contributed by atoms with E-state index in [1.165, 1.54) is 0 Å². The van der Waals surface area contributed by atoms with Gasteiger partial charge in [0.1, 0.15) is 0 Å². The van der Waals surface area contributed by atoms with Gasteiger partial charge in [0, 0.05) is 29.1 Å². The van der Waals surface area contributed by atoms with Gasteiger partial charge in [-0.1, -0.05) is 0 Å². The summed E-state index contributed by atoms with van der Waals surface area (Å²) in [4.78, 5) is 19.3. The number of aromatic nitrogens is 1. The number of nitrogens with zero attached hydrogens (tertiary/aromatic N) is 2. The molecule has 1 aromatic carbocycles. The molecule has 4 heterocycles. The van der Waals surface area contributed by atoms with Gasteiger partial charge in [0.2, 0.25) is 5.76 Å². The van der Waals surface area contributed by atoms with Gasteiger partial charge in [0.05, 0.1) is 6.20 Å². The van der Waals surface area contributed by atoms with Crippen LogP contribution in [0.5, 0.6) is 0 Å². The van der Waals surface area contributed by atoms with Gasteiger partial charge in [-0.05, 0) is 68.3 Å². The van der Waals surface area contributed by atoms with E-state index in [9.17, 15) is 18.0 Å². The number of amides is 1. The summed E-state index contributed by atoms with van der Waals surface area (Å²) in [5.74, 6) is -0.733. The molecule has 1 amide bonds. The van der Waals surface area contributed by atoms with Crippen LogP contribution in [0.2, 0.25) is 0 Å². The molecule has 2 bridgehead atoms. The SMILES string of the molecule is CC1CC2CCN1CC2NC(=O)c1ccc(Sc2ncc(C(F)(F)F)o2)cc1. The second-order valence-corrected chi connectivity index (χ2v) is 8.35. The third kappa shape index (κ3) is 4.05. The number of nitrogens with one attached hydrogen (secondary N) is 1. The lowest BCUT2D eigenvalue weighted by molar-refractivity contribution is -0.154. The lowest BCUT2D eigenvalue weighted by Gasteiger charge is -2.48. The molecule has 2 aromatic rings. The molecule has 0 saturated carbocycles. The van der Waals surface area contributed by atoms with Crippen molar-refractivity contribution in [2.75, 3.05) is 13.1 Å². The molecule has 1 N–H and O–H groups in total. The van der Waals surface area contributed by atoms with E-state index in [1.807, 2.05) is 0 Å². The zero-order valence-electron chi connectivity index (χ0n) is 15.2. The number of rotatable bonds is 4. The smallest absolute Gasteiger partial charge is 0.427 e. The van der Waals surface area contributed by atoms with Crippen LogP contribution in [0.25, 0.3) is 0 Å². The predicted octanol–water partition coefficient (Wildman–Crippen LogP) is 4.06. The number of piperidine rings is 3. The molecule has 5 rings (SSSR count). The number of carbonyl (C=O) groups is 1. The molecule has 3 saturated heterocycles. The zero-order valence-corrected chi connectivity index (χ0v) is 16.0. The standard InChI is InChI=1S/C19H20F3N3O2S/c1-11-8-13-6-7-25(11)10-15(13)24-17(26)12-2-4-14(5-3-12)28-18-23-9-16(27-18)19(20,21)22/h2-5,9,11,13,15H,6-8,10H2,1H3,(H,24,26). The number of hydrogen-bond acceptors (Lipinski definition) is 5. The number of oxazole rings is 1. The molecule has 28 heavy (non-hydrogen) atoms. The maximum atomic E-state index is 12.6. The van der Waals surface area contributed by atoms with Crippen molar-refractivity contribution in [2.24, 2.45) is 5.92 Å². The van der Waals surface area contributed by atoms with Crippen LogP contribution in [0.3, 0.4) is 0 Å².